The normalized spacial score (nSPS) is 10.2. The van der Waals surface area contributed by atoms with Crippen LogP contribution in [0.5, 0.6) is 0 Å². The lowest BCUT2D eigenvalue weighted by Gasteiger charge is -2.01. The Morgan fingerprint density at radius 2 is 2.00 bits per heavy atom. The van der Waals surface area contributed by atoms with E-state index in [1.807, 2.05) is 22.9 Å². The Balaban J connectivity index is 2.15. The summed E-state index contributed by atoms with van der Waals surface area (Å²) in [5.41, 5.74) is 9.06. The van der Waals surface area contributed by atoms with Crippen LogP contribution in [0.1, 0.15) is 5.56 Å². The number of imidazole rings is 1. The molecule has 3 nitrogen and oxygen atoms in total. The number of rotatable bonds is 2. The van der Waals surface area contributed by atoms with E-state index < -0.39 is 0 Å². The van der Waals surface area contributed by atoms with E-state index in [1.54, 1.807) is 24.7 Å². The van der Waals surface area contributed by atoms with Gasteiger partial charge in [-0.05, 0) is 17.7 Å². The Labute approximate surface area is 76.8 Å². The van der Waals surface area contributed by atoms with Crippen LogP contribution in [0.15, 0.2) is 43.0 Å². The van der Waals surface area contributed by atoms with E-state index in [0.717, 1.165) is 6.54 Å². The van der Waals surface area contributed by atoms with Gasteiger partial charge in [-0.25, -0.2) is 4.98 Å². The van der Waals surface area contributed by atoms with Crippen molar-refractivity contribution >= 4 is 5.69 Å². The molecule has 0 atom stereocenters. The first-order valence-corrected chi connectivity index (χ1v) is 4.11. The lowest BCUT2D eigenvalue weighted by atomic mass is 10.2. The molecule has 0 aliphatic rings. The largest absolute Gasteiger partial charge is 0.333 e. The summed E-state index contributed by atoms with van der Waals surface area (Å²) in [6.07, 6.45) is 5.47. The first kappa shape index (κ1) is 7.86. The third kappa shape index (κ3) is 1.87. The van der Waals surface area contributed by atoms with Gasteiger partial charge >= 0.3 is 0 Å². The third-order valence-corrected chi connectivity index (χ3v) is 1.88. The average Bonchev–Trinajstić information content (AvgIpc) is 2.62. The topological polar surface area (TPSA) is 41.6 Å². The van der Waals surface area contributed by atoms with Gasteiger partial charge in [0.2, 0.25) is 0 Å². The van der Waals surface area contributed by atoms with Crippen LogP contribution < -0.4 is 5.73 Å². The number of nitrogens with zero attached hydrogens (tertiary/aromatic N) is 2. The van der Waals surface area contributed by atoms with E-state index >= 15 is 0 Å². The summed E-state index contributed by atoms with van der Waals surface area (Å²) in [5.74, 6) is 0. The summed E-state index contributed by atoms with van der Waals surface area (Å²) in [5, 5.41) is 0. The highest BCUT2D eigenvalue weighted by molar-refractivity contribution is 5.35. The molecule has 1 N–H and O–H groups in total. The van der Waals surface area contributed by atoms with Gasteiger partial charge in [0.1, 0.15) is 0 Å². The summed E-state index contributed by atoms with van der Waals surface area (Å²) >= 11 is 0. The molecule has 0 amide bonds. The molecule has 0 saturated heterocycles. The molecule has 3 heteroatoms. The van der Waals surface area contributed by atoms with Gasteiger partial charge in [0, 0.05) is 18.9 Å². The molecule has 65 valence electrons. The molecule has 0 unspecified atom stereocenters. The first-order valence-electron chi connectivity index (χ1n) is 4.11. The maximum atomic E-state index is 7.32. The molecule has 1 aromatic carbocycles. The maximum absolute atomic E-state index is 7.32. The highest BCUT2D eigenvalue weighted by Gasteiger charge is 1.93. The van der Waals surface area contributed by atoms with Gasteiger partial charge in [0.05, 0.1) is 12.0 Å². The zero-order valence-electron chi connectivity index (χ0n) is 7.14. The van der Waals surface area contributed by atoms with Crippen LogP contribution in [0.3, 0.4) is 0 Å². The molecule has 0 bridgehead atoms. The molecular weight excluding hydrogens is 162 g/mol. The summed E-state index contributed by atoms with van der Waals surface area (Å²) in [6.45, 7) is 0.820. The SMILES string of the molecule is [NH]c1ccc(Cn2ccnc2)cc1. The third-order valence-electron chi connectivity index (χ3n) is 1.88. The van der Waals surface area contributed by atoms with Gasteiger partial charge in [-0.1, -0.05) is 12.1 Å². The predicted octanol–water partition coefficient (Wildman–Crippen LogP) is 1.85. The fourth-order valence-electron chi connectivity index (χ4n) is 1.20. The lowest BCUT2D eigenvalue weighted by molar-refractivity contribution is 0.797. The molecule has 0 aliphatic heterocycles. The summed E-state index contributed by atoms with van der Waals surface area (Å²) in [7, 11) is 0. The van der Waals surface area contributed by atoms with Crippen molar-refractivity contribution in [2.45, 2.75) is 6.54 Å². The summed E-state index contributed by atoms with van der Waals surface area (Å²) in [4.78, 5) is 3.96. The highest BCUT2D eigenvalue weighted by Crippen LogP contribution is 2.07. The van der Waals surface area contributed by atoms with Crippen molar-refractivity contribution in [1.29, 1.82) is 0 Å². The van der Waals surface area contributed by atoms with Crippen molar-refractivity contribution in [2.75, 3.05) is 0 Å². The fourth-order valence-corrected chi connectivity index (χ4v) is 1.20. The second kappa shape index (κ2) is 3.31. The number of hydrogen-bond acceptors (Lipinski definition) is 1. The van der Waals surface area contributed by atoms with E-state index in [4.69, 9.17) is 5.73 Å². The molecular formula is C10H10N3. The Morgan fingerprint density at radius 3 is 2.62 bits per heavy atom. The summed E-state index contributed by atoms with van der Waals surface area (Å²) < 4.78 is 2.00. The van der Waals surface area contributed by atoms with Crippen LogP contribution in [0.4, 0.5) is 5.69 Å². The van der Waals surface area contributed by atoms with Gasteiger partial charge in [-0.3, -0.25) is 0 Å². The Kier molecular flexibility index (Phi) is 2.00. The summed E-state index contributed by atoms with van der Waals surface area (Å²) in [6, 6.07) is 7.52. The van der Waals surface area contributed by atoms with Gasteiger partial charge in [0.25, 0.3) is 0 Å². The minimum absolute atomic E-state index is 0.550. The molecule has 13 heavy (non-hydrogen) atoms. The van der Waals surface area contributed by atoms with Crippen LogP contribution in [0, 0.1) is 0 Å². The quantitative estimate of drug-likeness (QED) is 0.681. The molecule has 1 aromatic heterocycles. The second-order valence-corrected chi connectivity index (χ2v) is 2.93. The Hall–Kier alpha value is -1.77. The number of nitrogens with one attached hydrogen (secondary N) is 1. The predicted molar refractivity (Wildman–Crippen MR) is 50.5 cm³/mol. The van der Waals surface area contributed by atoms with Crippen LogP contribution >= 0.6 is 0 Å². The van der Waals surface area contributed by atoms with E-state index in [0.29, 0.717) is 5.69 Å². The molecule has 0 aliphatic carbocycles. The zero-order chi connectivity index (χ0) is 9.10. The van der Waals surface area contributed by atoms with Crippen LogP contribution in [-0.4, -0.2) is 9.55 Å². The zero-order valence-corrected chi connectivity index (χ0v) is 7.14. The van der Waals surface area contributed by atoms with E-state index in [-0.39, 0.29) is 0 Å². The molecule has 1 heterocycles. The number of hydrogen-bond donors (Lipinski definition) is 0. The molecule has 1 radical (unpaired) electrons. The van der Waals surface area contributed by atoms with Gasteiger partial charge < -0.3 is 10.3 Å². The number of aromatic nitrogens is 2. The van der Waals surface area contributed by atoms with Crippen molar-refractivity contribution in [3.8, 4) is 0 Å². The molecule has 0 saturated carbocycles. The molecule has 0 fully saturated rings. The smallest absolute Gasteiger partial charge is 0.0949 e. The molecule has 0 spiro atoms. The van der Waals surface area contributed by atoms with E-state index in [9.17, 15) is 0 Å². The van der Waals surface area contributed by atoms with Crippen LogP contribution in [0.25, 0.3) is 0 Å². The van der Waals surface area contributed by atoms with Crippen LogP contribution in [-0.2, 0) is 6.54 Å². The van der Waals surface area contributed by atoms with Crippen molar-refractivity contribution in [1.82, 2.24) is 15.3 Å². The number of benzene rings is 1. The lowest BCUT2D eigenvalue weighted by Crippen LogP contribution is -1.95. The fraction of sp³-hybridized carbons (Fsp3) is 0.100. The van der Waals surface area contributed by atoms with Gasteiger partial charge in [-0.2, -0.15) is 0 Å². The first-order chi connectivity index (χ1) is 6.34. The minimum Gasteiger partial charge on any atom is -0.333 e. The van der Waals surface area contributed by atoms with Crippen molar-refractivity contribution in [3.63, 3.8) is 0 Å². The van der Waals surface area contributed by atoms with Gasteiger partial charge in [0.15, 0.2) is 0 Å². The van der Waals surface area contributed by atoms with Crippen molar-refractivity contribution in [3.05, 3.63) is 48.5 Å². The minimum atomic E-state index is 0.550. The monoisotopic (exact) mass is 172 g/mol. The van der Waals surface area contributed by atoms with Crippen molar-refractivity contribution in [2.24, 2.45) is 0 Å². The van der Waals surface area contributed by atoms with Crippen LogP contribution in [0.2, 0.25) is 0 Å². The molecule has 2 aromatic rings. The standard InChI is InChI=1S/C10H10N3/c11-10-3-1-9(2-4-10)7-13-6-5-12-8-13/h1-6,8,11H,7H2. The Morgan fingerprint density at radius 1 is 1.23 bits per heavy atom. The van der Waals surface area contributed by atoms with Crippen molar-refractivity contribution < 1.29 is 0 Å². The second-order valence-electron chi connectivity index (χ2n) is 2.93. The van der Waals surface area contributed by atoms with E-state index in [2.05, 4.69) is 4.98 Å². The Bertz CT molecular complexity index is 362. The highest BCUT2D eigenvalue weighted by atomic mass is 15.0. The van der Waals surface area contributed by atoms with E-state index in [1.165, 1.54) is 5.56 Å². The average molecular weight is 172 g/mol. The van der Waals surface area contributed by atoms with Gasteiger partial charge in [-0.15, -0.1) is 0 Å². The molecule has 2 rings (SSSR count). The maximum Gasteiger partial charge on any atom is 0.0949 e.